The van der Waals surface area contributed by atoms with Crippen molar-refractivity contribution >= 4 is 17.6 Å². The highest BCUT2D eigenvalue weighted by Crippen LogP contribution is 2.34. The number of nitrogens with zero attached hydrogens (tertiary/aromatic N) is 7. The number of nitrogens with one attached hydrogen (secondary N) is 1. The molecule has 0 spiro atoms. The first-order valence-electron chi connectivity index (χ1n) is 13.0. The van der Waals surface area contributed by atoms with E-state index in [-0.39, 0.29) is 12.1 Å². The molecule has 200 valence electrons. The molecule has 0 aromatic carbocycles. The number of alkyl carbamates (subject to hydrolysis) is 1. The summed E-state index contributed by atoms with van der Waals surface area (Å²) in [7, 11) is 0. The van der Waals surface area contributed by atoms with Gasteiger partial charge < -0.3 is 19.9 Å². The van der Waals surface area contributed by atoms with E-state index < -0.39 is 17.6 Å². The van der Waals surface area contributed by atoms with Crippen molar-refractivity contribution in [2.75, 3.05) is 29.4 Å². The Kier molecular flexibility index (Phi) is 7.09. The summed E-state index contributed by atoms with van der Waals surface area (Å²) in [5.41, 5.74) is 2.18. The SMILES string of the molecule is CC1c2cnc(-c3ncccn3)nc2CCN1c1cc(N2CCC(NC(=O)OC(C)(C)C)CC2)cc(F)n1. The van der Waals surface area contributed by atoms with Gasteiger partial charge in [0.2, 0.25) is 5.95 Å². The molecule has 0 saturated carbocycles. The Morgan fingerprint density at radius 3 is 2.50 bits per heavy atom. The van der Waals surface area contributed by atoms with Gasteiger partial charge in [0.05, 0.1) is 11.7 Å². The molecular weight excluding hydrogens is 487 g/mol. The molecule has 2 aliphatic rings. The summed E-state index contributed by atoms with van der Waals surface area (Å²) in [6.45, 7) is 9.63. The Bertz CT molecular complexity index is 1290. The molecule has 1 amide bonds. The first kappa shape index (κ1) is 25.7. The maximum Gasteiger partial charge on any atom is 0.407 e. The number of fused-ring (bicyclic) bond motifs is 1. The predicted octanol–water partition coefficient (Wildman–Crippen LogP) is 4.08. The number of carbonyl (C=O) groups excluding carboxylic acids is 1. The van der Waals surface area contributed by atoms with Crippen LogP contribution in [0.3, 0.4) is 0 Å². The monoisotopic (exact) mass is 520 g/mol. The van der Waals surface area contributed by atoms with Gasteiger partial charge in [-0.1, -0.05) is 0 Å². The van der Waals surface area contributed by atoms with Gasteiger partial charge in [0, 0.05) is 74.1 Å². The first-order chi connectivity index (χ1) is 18.2. The second kappa shape index (κ2) is 10.5. The third kappa shape index (κ3) is 5.81. The second-order valence-electron chi connectivity index (χ2n) is 10.7. The van der Waals surface area contributed by atoms with Crippen molar-refractivity contribution in [1.29, 1.82) is 0 Å². The zero-order valence-corrected chi connectivity index (χ0v) is 22.2. The van der Waals surface area contributed by atoms with E-state index in [0.29, 0.717) is 43.5 Å². The maximum atomic E-state index is 14.7. The van der Waals surface area contributed by atoms with Gasteiger partial charge in [-0.05, 0) is 46.6 Å². The lowest BCUT2D eigenvalue weighted by Crippen LogP contribution is -2.46. The molecule has 1 unspecified atom stereocenters. The van der Waals surface area contributed by atoms with Crippen LogP contribution < -0.4 is 15.1 Å². The van der Waals surface area contributed by atoms with E-state index in [2.05, 4.69) is 42.0 Å². The smallest absolute Gasteiger partial charge is 0.407 e. The molecule has 0 radical (unpaired) electrons. The molecular formula is C27H33FN8O2. The average Bonchev–Trinajstić information content (AvgIpc) is 2.88. The van der Waals surface area contributed by atoms with Crippen molar-refractivity contribution in [3.8, 4) is 11.6 Å². The van der Waals surface area contributed by atoms with Crippen molar-refractivity contribution < 1.29 is 13.9 Å². The number of amides is 1. The molecule has 1 fully saturated rings. The van der Waals surface area contributed by atoms with Crippen LogP contribution in [0.4, 0.5) is 20.7 Å². The minimum atomic E-state index is -0.535. The minimum Gasteiger partial charge on any atom is -0.444 e. The predicted molar refractivity (Wildman–Crippen MR) is 141 cm³/mol. The summed E-state index contributed by atoms with van der Waals surface area (Å²) in [5, 5.41) is 2.95. The van der Waals surface area contributed by atoms with Crippen molar-refractivity contribution in [3.63, 3.8) is 0 Å². The fourth-order valence-corrected chi connectivity index (χ4v) is 4.95. The van der Waals surface area contributed by atoms with Gasteiger partial charge in [0.25, 0.3) is 0 Å². The zero-order valence-electron chi connectivity index (χ0n) is 22.2. The Morgan fingerprint density at radius 2 is 1.79 bits per heavy atom. The van der Waals surface area contributed by atoms with Crippen LogP contribution in [0.2, 0.25) is 0 Å². The lowest BCUT2D eigenvalue weighted by Gasteiger charge is -2.37. The number of piperidine rings is 1. The van der Waals surface area contributed by atoms with Crippen LogP contribution >= 0.6 is 0 Å². The molecule has 38 heavy (non-hydrogen) atoms. The number of anilines is 2. The Labute approximate surface area is 221 Å². The molecule has 11 heteroatoms. The normalized spacial score (nSPS) is 18.2. The summed E-state index contributed by atoms with van der Waals surface area (Å²) in [5.74, 6) is 1.06. The lowest BCUT2D eigenvalue weighted by atomic mass is 9.99. The van der Waals surface area contributed by atoms with E-state index >= 15 is 0 Å². The van der Waals surface area contributed by atoms with E-state index in [1.807, 2.05) is 33.0 Å². The average molecular weight is 521 g/mol. The molecule has 1 atom stereocenters. The number of rotatable bonds is 4. The van der Waals surface area contributed by atoms with E-state index in [1.54, 1.807) is 18.5 Å². The van der Waals surface area contributed by atoms with E-state index in [1.165, 1.54) is 6.07 Å². The molecule has 5 rings (SSSR count). The molecule has 5 heterocycles. The molecule has 3 aromatic rings. The maximum absolute atomic E-state index is 14.7. The summed E-state index contributed by atoms with van der Waals surface area (Å²) in [4.78, 5) is 38.3. The van der Waals surface area contributed by atoms with Crippen LogP contribution in [-0.4, -0.2) is 62.3 Å². The van der Waals surface area contributed by atoms with Crippen molar-refractivity contribution in [2.45, 2.75) is 64.6 Å². The molecule has 1 N–H and O–H groups in total. The number of pyridine rings is 1. The molecule has 1 saturated heterocycles. The summed E-state index contributed by atoms with van der Waals surface area (Å²) < 4.78 is 20.1. The Morgan fingerprint density at radius 1 is 1.05 bits per heavy atom. The second-order valence-corrected chi connectivity index (χ2v) is 10.7. The number of hydrogen-bond acceptors (Lipinski definition) is 9. The van der Waals surface area contributed by atoms with Crippen molar-refractivity contribution in [2.24, 2.45) is 0 Å². The fraction of sp³-hybridized carbons (Fsp3) is 0.481. The van der Waals surface area contributed by atoms with Crippen molar-refractivity contribution in [1.82, 2.24) is 30.2 Å². The van der Waals surface area contributed by atoms with Gasteiger partial charge in [0.15, 0.2) is 11.6 Å². The topological polar surface area (TPSA) is 109 Å². The third-order valence-corrected chi connectivity index (χ3v) is 6.81. The van der Waals surface area contributed by atoms with Gasteiger partial charge in [-0.3, -0.25) is 0 Å². The van der Waals surface area contributed by atoms with Crippen LogP contribution in [0, 0.1) is 5.95 Å². The standard InChI is InChI=1S/C27H33FN8O2/c1-17-20-16-31-25(24-29-9-5-10-30-24)33-21(20)8-13-36(17)23-15-19(14-22(28)34-23)35-11-6-18(7-12-35)32-26(37)38-27(2,3)4/h5,9-10,14-18H,6-8,11-13H2,1-4H3,(H,32,37). The van der Waals surface area contributed by atoms with Crippen LogP contribution in [0.15, 0.2) is 36.8 Å². The minimum absolute atomic E-state index is 0.0250. The van der Waals surface area contributed by atoms with Gasteiger partial charge in [-0.15, -0.1) is 0 Å². The van der Waals surface area contributed by atoms with Crippen LogP contribution in [-0.2, 0) is 11.2 Å². The largest absolute Gasteiger partial charge is 0.444 e. The number of hydrogen-bond donors (Lipinski definition) is 1. The highest BCUT2D eigenvalue weighted by molar-refractivity contribution is 5.68. The van der Waals surface area contributed by atoms with E-state index in [4.69, 9.17) is 9.72 Å². The number of aromatic nitrogens is 5. The van der Waals surface area contributed by atoms with Crippen LogP contribution in [0.5, 0.6) is 0 Å². The lowest BCUT2D eigenvalue weighted by molar-refractivity contribution is 0.0497. The molecule has 0 bridgehead atoms. The Balaban J connectivity index is 1.27. The third-order valence-electron chi connectivity index (χ3n) is 6.81. The molecule has 2 aliphatic heterocycles. The van der Waals surface area contributed by atoms with Crippen molar-refractivity contribution in [3.05, 3.63) is 54.0 Å². The zero-order chi connectivity index (χ0) is 26.9. The van der Waals surface area contributed by atoms with Crippen LogP contribution in [0.25, 0.3) is 11.6 Å². The number of ether oxygens (including phenoxy) is 1. The molecule has 3 aromatic heterocycles. The number of halogens is 1. The summed E-state index contributed by atoms with van der Waals surface area (Å²) >= 11 is 0. The molecule has 10 nitrogen and oxygen atoms in total. The quantitative estimate of drug-likeness (QED) is 0.509. The first-order valence-corrected chi connectivity index (χ1v) is 13.0. The van der Waals surface area contributed by atoms with Gasteiger partial charge in [-0.25, -0.2) is 29.7 Å². The number of carbonyl (C=O) groups is 1. The van der Waals surface area contributed by atoms with E-state index in [9.17, 15) is 9.18 Å². The summed E-state index contributed by atoms with van der Waals surface area (Å²) in [6, 6.07) is 5.13. The molecule has 0 aliphatic carbocycles. The summed E-state index contributed by atoms with van der Waals surface area (Å²) in [6.07, 6.45) is 6.92. The highest BCUT2D eigenvalue weighted by atomic mass is 19.1. The van der Waals surface area contributed by atoms with E-state index in [0.717, 1.165) is 29.8 Å². The highest BCUT2D eigenvalue weighted by Gasteiger charge is 2.29. The van der Waals surface area contributed by atoms with Gasteiger partial charge in [0.1, 0.15) is 11.4 Å². The van der Waals surface area contributed by atoms with Gasteiger partial charge >= 0.3 is 6.09 Å². The van der Waals surface area contributed by atoms with Crippen LogP contribution in [0.1, 0.15) is 57.8 Å². The Hall–Kier alpha value is -3.89. The van der Waals surface area contributed by atoms with Gasteiger partial charge in [-0.2, -0.15) is 4.39 Å². The fourth-order valence-electron chi connectivity index (χ4n) is 4.95.